The van der Waals surface area contributed by atoms with Gasteiger partial charge in [0.05, 0.1) is 18.7 Å². The number of nitrogens with zero attached hydrogens (tertiary/aromatic N) is 3. The smallest absolute Gasteiger partial charge is 0.234 e. The minimum Gasteiger partial charge on any atom is -0.489 e. The lowest BCUT2D eigenvalue weighted by molar-refractivity contribution is -0.120. The van der Waals surface area contributed by atoms with E-state index < -0.39 is 0 Å². The Kier molecular flexibility index (Phi) is 7.92. The molecule has 3 aromatic carbocycles. The number of aromatic nitrogens is 2. The second-order valence-corrected chi connectivity index (χ2v) is 10.5. The minimum absolute atomic E-state index is 0.144. The standard InChI is InChI=1S/C33H37N3O2/c1-4-35-21-26(20-34-35)22-36(29-15-13-27(14-16-29)24(2)3)33(37)32-12-8-11-28-19-30(17-18-31(28)32)38-23-25-9-6-5-7-10-25/h5-7,9-10,13-21,24,32H,4,8,11-12,22-23H2,1-3H3. The minimum atomic E-state index is -0.173. The molecule has 1 atom stereocenters. The van der Waals surface area contributed by atoms with Crippen LogP contribution in [0.3, 0.4) is 0 Å². The number of ether oxygens (including phenoxy) is 1. The van der Waals surface area contributed by atoms with Crippen molar-refractivity contribution >= 4 is 11.6 Å². The Morgan fingerprint density at radius 2 is 1.84 bits per heavy atom. The van der Waals surface area contributed by atoms with E-state index in [1.807, 2.05) is 46.2 Å². The van der Waals surface area contributed by atoms with Crippen LogP contribution >= 0.6 is 0 Å². The highest BCUT2D eigenvalue weighted by Crippen LogP contribution is 2.37. The Labute approximate surface area is 226 Å². The summed E-state index contributed by atoms with van der Waals surface area (Å²) >= 11 is 0. The molecule has 0 aliphatic heterocycles. The summed E-state index contributed by atoms with van der Waals surface area (Å²) in [4.78, 5) is 16.2. The van der Waals surface area contributed by atoms with E-state index in [0.717, 1.165) is 53.9 Å². The van der Waals surface area contributed by atoms with Crippen LogP contribution in [-0.2, 0) is 30.9 Å². The van der Waals surface area contributed by atoms with E-state index in [9.17, 15) is 4.79 Å². The zero-order chi connectivity index (χ0) is 26.5. The highest BCUT2D eigenvalue weighted by atomic mass is 16.5. The third kappa shape index (κ3) is 5.83. The van der Waals surface area contributed by atoms with Gasteiger partial charge in [0, 0.05) is 24.0 Å². The average Bonchev–Trinajstić information content (AvgIpc) is 3.42. The summed E-state index contributed by atoms with van der Waals surface area (Å²) in [5, 5.41) is 4.44. The van der Waals surface area contributed by atoms with Crippen LogP contribution in [-0.4, -0.2) is 15.7 Å². The van der Waals surface area contributed by atoms with Crippen LogP contribution < -0.4 is 9.64 Å². The third-order valence-electron chi connectivity index (χ3n) is 7.46. The number of carbonyl (C=O) groups excluding carboxylic acids is 1. The second kappa shape index (κ2) is 11.7. The lowest BCUT2D eigenvalue weighted by atomic mass is 9.81. The van der Waals surface area contributed by atoms with Crippen LogP contribution in [0.1, 0.15) is 73.3 Å². The van der Waals surface area contributed by atoms with Crippen molar-refractivity contribution < 1.29 is 9.53 Å². The van der Waals surface area contributed by atoms with Crippen molar-refractivity contribution in [2.75, 3.05) is 4.90 Å². The van der Waals surface area contributed by atoms with Crippen LogP contribution in [0.4, 0.5) is 5.69 Å². The monoisotopic (exact) mass is 507 g/mol. The van der Waals surface area contributed by atoms with E-state index in [4.69, 9.17) is 4.74 Å². The first-order valence-corrected chi connectivity index (χ1v) is 13.7. The molecule has 0 radical (unpaired) electrons. The highest BCUT2D eigenvalue weighted by molar-refractivity contribution is 5.98. The van der Waals surface area contributed by atoms with Crippen molar-refractivity contribution in [2.24, 2.45) is 0 Å². The van der Waals surface area contributed by atoms with E-state index in [2.05, 4.69) is 74.4 Å². The van der Waals surface area contributed by atoms with Gasteiger partial charge < -0.3 is 9.64 Å². The summed E-state index contributed by atoms with van der Waals surface area (Å²) < 4.78 is 8.00. The van der Waals surface area contributed by atoms with E-state index in [-0.39, 0.29) is 11.8 Å². The quantitative estimate of drug-likeness (QED) is 0.240. The zero-order valence-corrected chi connectivity index (χ0v) is 22.6. The Balaban J connectivity index is 1.40. The van der Waals surface area contributed by atoms with Crippen molar-refractivity contribution in [2.45, 2.75) is 71.6 Å². The van der Waals surface area contributed by atoms with Crippen LogP contribution in [0.2, 0.25) is 0 Å². The van der Waals surface area contributed by atoms with Crippen LogP contribution in [0, 0.1) is 0 Å². The molecule has 0 spiro atoms. The lowest BCUT2D eigenvalue weighted by Gasteiger charge is -2.31. The van der Waals surface area contributed by atoms with Gasteiger partial charge in [-0.2, -0.15) is 5.10 Å². The average molecular weight is 508 g/mol. The number of hydrogen-bond donors (Lipinski definition) is 0. The number of anilines is 1. The molecule has 0 bridgehead atoms. The van der Waals surface area contributed by atoms with Crippen molar-refractivity contribution in [3.05, 3.63) is 113 Å². The van der Waals surface area contributed by atoms with Gasteiger partial charge >= 0.3 is 0 Å². The molecule has 5 nitrogen and oxygen atoms in total. The molecule has 1 heterocycles. The van der Waals surface area contributed by atoms with Gasteiger partial charge in [0.1, 0.15) is 12.4 Å². The Bertz CT molecular complexity index is 1360. The number of aryl methyl sites for hydroxylation is 2. The summed E-state index contributed by atoms with van der Waals surface area (Å²) in [5.74, 6) is 1.27. The fourth-order valence-corrected chi connectivity index (χ4v) is 5.25. The number of carbonyl (C=O) groups is 1. The van der Waals surface area contributed by atoms with Gasteiger partial charge in [-0.1, -0.05) is 62.4 Å². The summed E-state index contributed by atoms with van der Waals surface area (Å²) in [5.41, 5.74) is 6.72. The van der Waals surface area contributed by atoms with Gasteiger partial charge in [-0.25, -0.2) is 0 Å². The molecule has 0 saturated carbocycles. The summed E-state index contributed by atoms with van der Waals surface area (Å²) in [6.45, 7) is 8.29. The topological polar surface area (TPSA) is 47.4 Å². The molecule has 1 aromatic heterocycles. The van der Waals surface area contributed by atoms with Crippen molar-refractivity contribution in [3.63, 3.8) is 0 Å². The Morgan fingerprint density at radius 1 is 1.05 bits per heavy atom. The number of amides is 1. The van der Waals surface area contributed by atoms with Gasteiger partial charge in [0.2, 0.25) is 5.91 Å². The van der Waals surface area contributed by atoms with E-state index in [1.54, 1.807) is 0 Å². The number of rotatable bonds is 9. The maximum absolute atomic E-state index is 14.2. The maximum Gasteiger partial charge on any atom is 0.234 e. The van der Waals surface area contributed by atoms with Gasteiger partial charge in [0.15, 0.2) is 0 Å². The van der Waals surface area contributed by atoms with Gasteiger partial charge in [-0.05, 0) is 78.6 Å². The molecule has 1 amide bonds. The van der Waals surface area contributed by atoms with E-state index >= 15 is 0 Å². The van der Waals surface area contributed by atoms with Crippen molar-refractivity contribution in [3.8, 4) is 5.75 Å². The molecule has 4 aromatic rings. The Hall–Kier alpha value is -3.86. The number of fused-ring (bicyclic) bond motifs is 1. The molecule has 5 heteroatoms. The predicted molar refractivity (Wildman–Crippen MR) is 153 cm³/mol. The third-order valence-corrected chi connectivity index (χ3v) is 7.46. The molecule has 38 heavy (non-hydrogen) atoms. The highest BCUT2D eigenvalue weighted by Gasteiger charge is 2.31. The second-order valence-electron chi connectivity index (χ2n) is 10.5. The first-order valence-electron chi connectivity index (χ1n) is 13.7. The van der Waals surface area contributed by atoms with Crippen LogP contribution in [0.25, 0.3) is 0 Å². The van der Waals surface area contributed by atoms with Gasteiger partial charge in [0.25, 0.3) is 0 Å². The van der Waals surface area contributed by atoms with Crippen LogP contribution in [0.5, 0.6) is 5.75 Å². The molecule has 1 unspecified atom stereocenters. The van der Waals surface area contributed by atoms with Crippen molar-refractivity contribution in [1.29, 1.82) is 0 Å². The molecular weight excluding hydrogens is 470 g/mol. The summed E-state index contributed by atoms with van der Waals surface area (Å²) in [7, 11) is 0. The molecule has 1 aliphatic rings. The normalized spacial score (nSPS) is 14.8. The molecule has 0 N–H and O–H groups in total. The molecule has 0 saturated heterocycles. The summed E-state index contributed by atoms with van der Waals surface area (Å²) in [6.07, 6.45) is 6.71. The molecule has 196 valence electrons. The van der Waals surface area contributed by atoms with E-state index in [1.165, 1.54) is 11.1 Å². The number of hydrogen-bond acceptors (Lipinski definition) is 3. The zero-order valence-electron chi connectivity index (χ0n) is 22.6. The van der Waals surface area contributed by atoms with Crippen LogP contribution in [0.15, 0.2) is 85.2 Å². The molecular formula is C33H37N3O2. The van der Waals surface area contributed by atoms with Gasteiger partial charge in [-0.15, -0.1) is 0 Å². The summed E-state index contributed by atoms with van der Waals surface area (Å²) in [6, 6.07) is 24.9. The molecule has 0 fully saturated rings. The predicted octanol–water partition coefficient (Wildman–Crippen LogP) is 7.26. The first kappa shape index (κ1) is 25.8. The lowest BCUT2D eigenvalue weighted by Crippen LogP contribution is -2.36. The fourth-order valence-electron chi connectivity index (χ4n) is 5.25. The first-order chi connectivity index (χ1) is 18.5. The van der Waals surface area contributed by atoms with Crippen molar-refractivity contribution in [1.82, 2.24) is 9.78 Å². The number of benzene rings is 3. The SMILES string of the molecule is CCn1cc(CN(C(=O)C2CCCc3cc(OCc4ccccc4)ccc32)c2ccc(C(C)C)cc2)cn1. The molecule has 1 aliphatic carbocycles. The largest absolute Gasteiger partial charge is 0.489 e. The maximum atomic E-state index is 14.2. The van der Waals surface area contributed by atoms with Gasteiger partial charge in [-0.3, -0.25) is 9.48 Å². The van der Waals surface area contributed by atoms with E-state index in [0.29, 0.717) is 19.1 Å². The fraction of sp³-hybridized carbons (Fsp3) is 0.333. The Morgan fingerprint density at radius 3 is 2.55 bits per heavy atom. The molecule has 5 rings (SSSR count).